The van der Waals surface area contributed by atoms with E-state index in [1.807, 2.05) is 6.07 Å². The van der Waals surface area contributed by atoms with Crippen molar-refractivity contribution in [1.82, 2.24) is 0 Å². The summed E-state index contributed by atoms with van der Waals surface area (Å²) >= 11 is 0. The molecule has 7 heteroatoms. The van der Waals surface area contributed by atoms with Crippen molar-refractivity contribution in [2.75, 3.05) is 13.2 Å². The van der Waals surface area contributed by atoms with Crippen molar-refractivity contribution in [3.05, 3.63) is 53.8 Å². The summed E-state index contributed by atoms with van der Waals surface area (Å²) in [6.07, 6.45) is 4.13. The summed E-state index contributed by atoms with van der Waals surface area (Å²) in [5, 5.41) is 0. The molecule has 0 bridgehead atoms. The first kappa shape index (κ1) is 22.4. The Hall–Kier alpha value is -2.25. The molecule has 162 valence electrons. The van der Waals surface area contributed by atoms with Crippen LogP contribution in [0.2, 0.25) is 0 Å². The zero-order valence-electron chi connectivity index (χ0n) is 17.2. The molecule has 0 radical (unpaired) electrons. The van der Waals surface area contributed by atoms with Crippen LogP contribution in [-0.4, -0.2) is 32.3 Å². The fourth-order valence-corrected chi connectivity index (χ4v) is 5.83. The van der Waals surface area contributed by atoms with Crippen molar-refractivity contribution in [3.63, 3.8) is 0 Å². The van der Waals surface area contributed by atoms with Crippen LogP contribution < -0.4 is 5.73 Å². The number of amides is 1. The van der Waals surface area contributed by atoms with Gasteiger partial charge in [-0.3, -0.25) is 4.79 Å². The Kier molecular flexibility index (Phi) is 6.93. The van der Waals surface area contributed by atoms with Gasteiger partial charge in [-0.2, -0.15) is 0 Å². The molecule has 30 heavy (non-hydrogen) atoms. The largest absolute Gasteiger partial charge is 0.381 e. The molecule has 1 fully saturated rings. The topological polar surface area (TPSA) is 86.5 Å². The number of rotatable bonds is 8. The second kappa shape index (κ2) is 9.27. The third kappa shape index (κ3) is 4.27. The molecule has 0 atom stereocenters. The molecule has 0 aliphatic carbocycles. The molecular formula is C23H28FNO4S. The number of hydrogen-bond donors (Lipinski definition) is 1. The number of carbonyl (C=O) groups excluding carboxylic acids is 1. The maximum atomic E-state index is 14.6. The lowest BCUT2D eigenvalue weighted by Crippen LogP contribution is -2.53. The molecule has 2 aromatic rings. The summed E-state index contributed by atoms with van der Waals surface area (Å²) in [6, 6.07) is 11.1. The van der Waals surface area contributed by atoms with Gasteiger partial charge in [0.25, 0.3) is 0 Å². The van der Waals surface area contributed by atoms with Gasteiger partial charge in [0, 0.05) is 18.8 Å². The maximum Gasteiger partial charge on any atom is 0.239 e. The first-order valence-electron chi connectivity index (χ1n) is 10.3. The fraction of sp³-hybridized carbons (Fsp3) is 0.435. The van der Waals surface area contributed by atoms with Gasteiger partial charge >= 0.3 is 0 Å². The molecule has 1 aliphatic heterocycles. The monoisotopic (exact) mass is 433 g/mol. The van der Waals surface area contributed by atoms with E-state index >= 15 is 0 Å². The first-order chi connectivity index (χ1) is 14.3. The number of primary amides is 1. The first-order valence-corrected chi connectivity index (χ1v) is 11.8. The van der Waals surface area contributed by atoms with Crippen LogP contribution >= 0.6 is 0 Å². The van der Waals surface area contributed by atoms with Crippen LogP contribution in [0.4, 0.5) is 4.39 Å². The second-order valence-electron chi connectivity index (χ2n) is 7.77. The van der Waals surface area contributed by atoms with Crippen LogP contribution in [0.3, 0.4) is 0 Å². The van der Waals surface area contributed by atoms with E-state index in [0.29, 0.717) is 11.1 Å². The van der Waals surface area contributed by atoms with Gasteiger partial charge in [0.1, 0.15) is 5.82 Å². The third-order valence-corrected chi connectivity index (χ3v) is 8.37. The molecule has 1 aliphatic rings. The number of benzene rings is 2. The highest BCUT2D eigenvalue weighted by molar-refractivity contribution is 7.93. The summed E-state index contributed by atoms with van der Waals surface area (Å²) in [6.45, 7) is 2.45. The van der Waals surface area contributed by atoms with E-state index < -0.39 is 20.5 Å². The van der Waals surface area contributed by atoms with Gasteiger partial charge in [-0.15, -0.1) is 0 Å². The number of aryl methyl sites for hydroxylation is 1. The smallest absolute Gasteiger partial charge is 0.239 e. The van der Waals surface area contributed by atoms with Gasteiger partial charge in [0.2, 0.25) is 5.91 Å². The molecule has 1 saturated heterocycles. The molecule has 0 saturated carbocycles. The van der Waals surface area contributed by atoms with E-state index in [2.05, 4.69) is 6.92 Å². The lowest BCUT2D eigenvalue weighted by atomic mass is 9.98. The number of hydrogen-bond acceptors (Lipinski definition) is 4. The van der Waals surface area contributed by atoms with Crippen molar-refractivity contribution in [1.29, 1.82) is 0 Å². The Morgan fingerprint density at radius 2 is 1.77 bits per heavy atom. The van der Waals surface area contributed by atoms with Crippen molar-refractivity contribution in [3.8, 4) is 11.1 Å². The predicted molar refractivity (Wildman–Crippen MR) is 114 cm³/mol. The van der Waals surface area contributed by atoms with Gasteiger partial charge in [-0.1, -0.05) is 44.0 Å². The number of ether oxygens (including phenoxy) is 1. The fourth-order valence-electron chi connectivity index (χ4n) is 3.92. The average Bonchev–Trinajstić information content (AvgIpc) is 2.74. The molecule has 0 spiro atoms. The maximum absolute atomic E-state index is 14.6. The van der Waals surface area contributed by atoms with E-state index in [9.17, 15) is 17.6 Å². The van der Waals surface area contributed by atoms with Crippen molar-refractivity contribution < 1.29 is 22.3 Å². The molecule has 1 heterocycles. The summed E-state index contributed by atoms with van der Waals surface area (Å²) in [7, 11) is -4.00. The predicted octanol–water partition coefficient (Wildman–Crippen LogP) is 4.03. The van der Waals surface area contributed by atoms with E-state index in [4.69, 9.17) is 10.5 Å². The van der Waals surface area contributed by atoms with Crippen LogP contribution in [0.25, 0.3) is 11.1 Å². The highest BCUT2D eigenvalue weighted by Crippen LogP contribution is 2.35. The minimum absolute atomic E-state index is 0.00328. The van der Waals surface area contributed by atoms with Gasteiger partial charge in [-0.25, -0.2) is 12.8 Å². The Morgan fingerprint density at radius 1 is 1.10 bits per heavy atom. The van der Waals surface area contributed by atoms with E-state index in [-0.39, 0.29) is 36.8 Å². The average molecular weight is 434 g/mol. The number of unbranched alkanes of at least 4 members (excludes halogenated alkanes) is 2. The van der Waals surface area contributed by atoms with Crippen LogP contribution in [-0.2, 0) is 25.8 Å². The van der Waals surface area contributed by atoms with Gasteiger partial charge in [0.05, 0.1) is 4.90 Å². The zero-order chi connectivity index (χ0) is 21.8. The number of sulfone groups is 1. The molecule has 2 aromatic carbocycles. The highest BCUT2D eigenvalue weighted by Gasteiger charge is 2.51. The SMILES string of the molecule is CCCCCc1ccc(-c2ccc(S(=O)(=O)C3(C(N)=O)CCOCC3)cc2)c(F)c1. The van der Waals surface area contributed by atoms with E-state index in [1.165, 1.54) is 12.1 Å². The Bertz CT molecular complexity index is 996. The summed E-state index contributed by atoms with van der Waals surface area (Å²) in [5.41, 5.74) is 7.44. The summed E-state index contributed by atoms with van der Waals surface area (Å²) < 4.78 is 44.6. The third-order valence-electron chi connectivity index (χ3n) is 5.84. The van der Waals surface area contributed by atoms with Gasteiger partial charge < -0.3 is 10.5 Å². The number of carbonyl (C=O) groups is 1. The number of nitrogens with two attached hydrogens (primary N) is 1. The van der Waals surface area contributed by atoms with Crippen LogP contribution in [0.1, 0.15) is 44.6 Å². The minimum atomic E-state index is -4.00. The Balaban J connectivity index is 1.86. The normalized spacial score (nSPS) is 16.3. The van der Waals surface area contributed by atoms with Crippen molar-refractivity contribution in [2.45, 2.75) is 55.1 Å². The Labute approximate surface area is 177 Å². The second-order valence-corrected chi connectivity index (χ2v) is 10.0. The minimum Gasteiger partial charge on any atom is -0.381 e. The molecule has 5 nitrogen and oxygen atoms in total. The van der Waals surface area contributed by atoms with Crippen LogP contribution in [0, 0.1) is 5.82 Å². The zero-order valence-corrected chi connectivity index (χ0v) is 18.0. The van der Waals surface area contributed by atoms with Gasteiger partial charge in [-0.05, 0) is 55.0 Å². The molecule has 3 rings (SSSR count). The molecule has 2 N–H and O–H groups in total. The lowest BCUT2D eigenvalue weighted by molar-refractivity contribution is -0.122. The summed E-state index contributed by atoms with van der Waals surface area (Å²) in [4.78, 5) is 12.1. The standard InChI is InChI=1S/C23H28FNO4S/c1-2-3-4-5-17-6-11-20(21(24)16-17)18-7-9-19(10-8-18)30(27,28)23(22(25)26)12-14-29-15-13-23/h6-11,16H,2-5,12-15H2,1H3,(H2,25,26). The number of halogens is 1. The van der Waals surface area contributed by atoms with Crippen LogP contribution in [0.15, 0.2) is 47.4 Å². The Morgan fingerprint density at radius 3 is 2.33 bits per heavy atom. The highest BCUT2D eigenvalue weighted by atomic mass is 32.2. The lowest BCUT2D eigenvalue weighted by Gasteiger charge is -2.33. The quantitative estimate of drug-likeness (QED) is 0.637. The van der Waals surface area contributed by atoms with Crippen molar-refractivity contribution in [2.24, 2.45) is 5.73 Å². The van der Waals surface area contributed by atoms with Crippen LogP contribution in [0.5, 0.6) is 0 Å². The van der Waals surface area contributed by atoms with E-state index in [0.717, 1.165) is 31.2 Å². The van der Waals surface area contributed by atoms with Crippen molar-refractivity contribution >= 4 is 15.7 Å². The molecule has 1 amide bonds. The molecular weight excluding hydrogens is 405 g/mol. The van der Waals surface area contributed by atoms with E-state index in [1.54, 1.807) is 24.3 Å². The van der Waals surface area contributed by atoms with Gasteiger partial charge in [0.15, 0.2) is 14.6 Å². The molecule has 0 aromatic heterocycles. The molecule has 0 unspecified atom stereocenters. The summed E-state index contributed by atoms with van der Waals surface area (Å²) in [5.74, 6) is -1.20.